The van der Waals surface area contributed by atoms with Crippen molar-refractivity contribution in [3.8, 4) is 0 Å². The molecule has 2 rings (SSSR count). The zero-order valence-electron chi connectivity index (χ0n) is 12.5. The summed E-state index contributed by atoms with van der Waals surface area (Å²) in [7, 11) is -2.84. The van der Waals surface area contributed by atoms with Gasteiger partial charge in [0.25, 0.3) is 0 Å². The van der Waals surface area contributed by atoms with Crippen molar-refractivity contribution in [1.82, 2.24) is 0 Å². The van der Waals surface area contributed by atoms with Gasteiger partial charge in [-0.25, -0.2) is 8.42 Å². The van der Waals surface area contributed by atoms with Crippen LogP contribution in [0.25, 0.3) is 0 Å². The fourth-order valence-electron chi connectivity index (χ4n) is 2.42. The molecule has 5 nitrogen and oxygen atoms in total. The maximum Gasteiger partial charge on any atom is 0.224 e. The first-order chi connectivity index (χ1) is 9.91. The molecule has 0 atom stereocenters. The summed E-state index contributed by atoms with van der Waals surface area (Å²) < 4.78 is 22.9. The van der Waals surface area contributed by atoms with Crippen LogP contribution in [0, 0.1) is 6.92 Å². The molecule has 0 radical (unpaired) electrons. The number of carbonyl (C=O) groups excluding carboxylic acids is 1. The van der Waals surface area contributed by atoms with Gasteiger partial charge in [-0.2, -0.15) is 0 Å². The number of benzene rings is 1. The topological polar surface area (TPSA) is 75.3 Å². The number of hydrogen-bond donors (Lipinski definition) is 2. The van der Waals surface area contributed by atoms with Gasteiger partial charge < -0.3 is 10.6 Å². The first kappa shape index (κ1) is 15.8. The van der Waals surface area contributed by atoms with E-state index in [1.54, 1.807) is 0 Å². The van der Waals surface area contributed by atoms with Crippen LogP contribution in [0.3, 0.4) is 0 Å². The lowest BCUT2D eigenvalue weighted by atomic mass is 10.1. The molecule has 0 aromatic heterocycles. The van der Waals surface area contributed by atoms with Crippen molar-refractivity contribution in [2.24, 2.45) is 0 Å². The second-order valence-corrected chi connectivity index (χ2v) is 7.75. The standard InChI is InChI=1S/C15H22N2O3S/c1-3-15(18)17-14-6-4-5-13(11(14)2)16-12-7-9-21(19,20)10-8-12/h4-6,12,16H,3,7-10H2,1-2H3,(H,17,18). The Labute approximate surface area is 126 Å². The molecule has 2 N–H and O–H groups in total. The molecule has 1 saturated heterocycles. The summed E-state index contributed by atoms with van der Waals surface area (Å²) in [6.07, 6.45) is 1.71. The average molecular weight is 310 g/mol. The highest BCUT2D eigenvalue weighted by Crippen LogP contribution is 2.26. The van der Waals surface area contributed by atoms with Crippen LogP contribution >= 0.6 is 0 Å². The largest absolute Gasteiger partial charge is 0.382 e. The highest BCUT2D eigenvalue weighted by Gasteiger charge is 2.23. The molecule has 0 spiro atoms. The quantitative estimate of drug-likeness (QED) is 0.895. The van der Waals surface area contributed by atoms with Crippen molar-refractivity contribution in [2.45, 2.75) is 39.2 Å². The lowest BCUT2D eigenvalue weighted by Crippen LogP contribution is -2.32. The number of nitrogens with one attached hydrogen (secondary N) is 2. The fraction of sp³-hybridized carbons (Fsp3) is 0.533. The van der Waals surface area contributed by atoms with Crippen molar-refractivity contribution < 1.29 is 13.2 Å². The Morgan fingerprint density at radius 1 is 1.24 bits per heavy atom. The number of rotatable bonds is 4. The molecule has 1 aliphatic rings. The number of hydrogen-bond acceptors (Lipinski definition) is 4. The highest BCUT2D eigenvalue weighted by molar-refractivity contribution is 7.91. The molecule has 0 unspecified atom stereocenters. The Bertz CT molecular complexity index is 612. The van der Waals surface area contributed by atoms with Crippen LogP contribution in [0.4, 0.5) is 11.4 Å². The van der Waals surface area contributed by atoms with Crippen molar-refractivity contribution >= 4 is 27.1 Å². The van der Waals surface area contributed by atoms with Crippen LogP contribution in [0.1, 0.15) is 31.7 Å². The Hall–Kier alpha value is -1.56. The molecule has 116 valence electrons. The molecule has 1 heterocycles. The number of carbonyl (C=O) groups is 1. The van der Waals surface area contributed by atoms with Crippen molar-refractivity contribution in [1.29, 1.82) is 0 Å². The molecule has 0 bridgehead atoms. The van der Waals surface area contributed by atoms with Gasteiger partial charge in [0.05, 0.1) is 11.5 Å². The van der Waals surface area contributed by atoms with Gasteiger partial charge in [0.2, 0.25) is 5.91 Å². The number of amides is 1. The zero-order chi connectivity index (χ0) is 15.5. The minimum Gasteiger partial charge on any atom is -0.382 e. The summed E-state index contributed by atoms with van der Waals surface area (Å²) in [5.74, 6) is 0.477. The van der Waals surface area contributed by atoms with Gasteiger partial charge in [-0.15, -0.1) is 0 Å². The summed E-state index contributed by atoms with van der Waals surface area (Å²) in [4.78, 5) is 11.5. The van der Waals surface area contributed by atoms with Crippen LogP contribution in [-0.2, 0) is 14.6 Å². The second kappa shape index (κ2) is 6.47. The maximum atomic E-state index is 11.5. The first-order valence-electron chi connectivity index (χ1n) is 7.27. The maximum absolute atomic E-state index is 11.5. The van der Waals surface area contributed by atoms with E-state index >= 15 is 0 Å². The van der Waals surface area contributed by atoms with Crippen LogP contribution in [-0.4, -0.2) is 31.9 Å². The molecule has 1 aliphatic heterocycles. The molecule has 1 aromatic rings. The molecular weight excluding hydrogens is 288 g/mol. The number of anilines is 2. The minimum atomic E-state index is -2.84. The van der Waals surface area contributed by atoms with E-state index in [0.29, 0.717) is 19.3 Å². The van der Waals surface area contributed by atoms with Gasteiger partial charge in [-0.05, 0) is 37.5 Å². The zero-order valence-corrected chi connectivity index (χ0v) is 13.3. The minimum absolute atomic E-state index is 0.0148. The Morgan fingerprint density at radius 2 is 1.86 bits per heavy atom. The third-order valence-corrected chi connectivity index (χ3v) is 5.56. The summed E-state index contributed by atoms with van der Waals surface area (Å²) >= 11 is 0. The van der Waals surface area contributed by atoms with Crippen molar-refractivity contribution in [2.75, 3.05) is 22.1 Å². The van der Waals surface area contributed by atoms with Gasteiger partial charge in [-0.3, -0.25) is 4.79 Å². The highest BCUT2D eigenvalue weighted by atomic mass is 32.2. The van der Waals surface area contributed by atoms with E-state index in [0.717, 1.165) is 16.9 Å². The SMILES string of the molecule is CCC(=O)Nc1cccc(NC2CCS(=O)(=O)CC2)c1C. The molecule has 1 amide bonds. The lowest BCUT2D eigenvalue weighted by molar-refractivity contribution is -0.115. The molecule has 0 saturated carbocycles. The van der Waals surface area contributed by atoms with Gasteiger partial charge in [0.15, 0.2) is 0 Å². The molecule has 1 fully saturated rings. The monoisotopic (exact) mass is 310 g/mol. The van der Waals surface area contributed by atoms with Gasteiger partial charge in [0.1, 0.15) is 9.84 Å². The van der Waals surface area contributed by atoms with E-state index in [9.17, 15) is 13.2 Å². The summed E-state index contributed by atoms with van der Waals surface area (Å²) in [5.41, 5.74) is 2.73. The Morgan fingerprint density at radius 3 is 2.48 bits per heavy atom. The van der Waals surface area contributed by atoms with Crippen LogP contribution in [0.2, 0.25) is 0 Å². The molecular formula is C15H22N2O3S. The molecule has 6 heteroatoms. The smallest absolute Gasteiger partial charge is 0.224 e. The van der Waals surface area contributed by atoms with E-state index in [1.807, 2.05) is 32.0 Å². The van der Waals surface area contributed by atoms with Crippen LogP contribution in [0.5, 0.6) is 0 Å². The predicted molar refractivity (Wildman–Crippen MR) is 85.4 cm³/mol. The van der Waals surface area contributed by atoms with Gasteiger partial charge in [0, 0.05) is 23.8 Å². The predicted octanol–water partition coefficient (Wildman–Crippen LogP) is 2.33. The van der Waals surface area contributed by atoms with Crippen molar-refractivity contribution in [3.63, 3.8) is 0 Å². The average Bonchev–Trinajstić information content (AvgIpc) is 2.45. The number of sulfone groups is 1. The van der Waals surface area contributed by atoms with Gasteiger partial charge in [-0.1, -0.05) is 13.0 Å². The Kier molecular flexibility index (Phi) is 4.88. The van der Waals surface area contributed by atoms with Crippen LogP contribution < -0.4 is 10.6 Å². The third-order valence-electron chi connectivity index (χ3n) is 3.84. The lowest BCUT2D eigenvalue weighted by Gasteiger charge is -2.25. The van der Waals surface area contributed by atoms with E-state index in [4.69, 9.17) is 0 Å². The third kappa shape index (κ3) is 4.20. The summed E-state index contributed by atoms with van der Waals surface area (Å²) in [5, 5.41) is 6.28. The molecule has 1 aromatic carbocycles. The molecule has 21 heavy (non-hydrogen) atoms. The van der Waals surface area contributed by atoms with E-state index in [2.05, 4.69) is 10.6 Å². The van der Waals surface area contributed by atoms with E-state index in [-0.39, 0.29) is 23.5 Å². The van der Waals surface area contributed by atoms with E-state index in [1.165, 1.54) is 0 Å². The Balaban J connectivity index is 2.07. The summed E-state index contributed by atoms with van der Waals surface area (Å²) in [6.45, 7) is 3.77. The summed E-state index contributed by atoms with van der Waals surface area (Å²) in [6, 6.07) is 5.89. The first-order valence-corrected chi connectivity index (χ1v) is 9.10. The van der Waals surface area contributed by atoms with E-state index < -0.39 is 9.84 Å². The normalized spacial score (nSPS) is 18.2. The van der Waals surface area contributed by atoms with Crippen molar-refractivity contribution in [3.05, 3.63) is 23.8 Å². The van der Waals surface area contributed by atoms with Gasteiger partial charge >= 0.3 is 0 Å². The second-order valence-electron chi connectivity index (χ2n) is 5.45. The van der Waals surface area contributed by atoms with Crippen LogP contribution in [0.15, 0.2) is 18.2 Å². The molecule has 0 aliphatic carbocycles. The fourth-order valence-corrected chi connectivity index (χ4v) is 3.91.